The van der Waals surface area contributed by atoms with E-state index >= 15 is 0 Å². The van der Waals surface area contributed by atoms with Gasteiger partial charge in [-0.2, -0.15) is 0 Å². The average Bonchev–Trinajstić information content (AvgIpc) is 3.39. The van der Waals surface area contributed by atoms with Crippen LogP contribution >= 0.6 is 11.8 Å². The zero-order valence-electron chi connectivity index (χ0n) is 15.5. The molecule has 1 aromatic carbocycles. The Labute approximate surface area is 162 Å². The third-order valence-corrected chi connectivity index (χ3v) is 5.72. The molecule has 2 atom stereocenters. The molecule has 0 radical (unpaired) electrons. The van der Waals surface area contributed by atoms with Gasteiger partial charge in [-0.25, -0.2) is 4.39 Å². The zero-order chi connectivity index (χ0) is 19.0. The molecule has 0 N–H and O–H groups in total. The number of hydrogen-bond donors (Lipinski definition) is 0. The van der Waals surface area contributed by atoms with E-state index in [2.05, 4.69) is 10.2 Å². The lowest BCUT2D eigenvalue weighted by molar-refractivity contribution is -0.140. The molecule has 1 aliphatic carbocycles. The van der Waals surface area contributed by atoms with Crippen molar-refractivity contribution in [2.45, 2.75) is 50.1 Å². The number of morpholine rings is 1. The van der Waals surface area contributed by atoms with Crippen molar-refractivity contribution < 1.29 is 13.9 Å². The second-order valence-electron chi connectivity index (χ2n) is 7.23. The summed E-state index contributed by atoms with van der Waals surface area (Å²) in [6, 6.07) is 6.89. The van der Waals surface area contributed by atoms with Crippen molar-refractivity contribution in [1.29, 1.82) is 0 Å². The van der Waals surface area contributed by atoms with E-state index in [-0.39, 0.29) is 30.0 Å². The van der Waals surface area contributed by atoms with Gasteiger partial charge in [0, 0.05) is 19.1 Å². The summed E-state index contributed by atoms with van der Waals surface area (Å²) < 4.78 is 21.9. The lowest BCUT2D eigenvalue weighted by Gasteiger charge is -2.35. The number of nitrogens with zero attached hydrogens (tertiary/aromatic N) is 4. The number of hydrogen-bond acceptors (Lipinski definition) is 5. The first-order valence-corrected chi connectivity index (χ1v) is 10.3. The van der Waals surface area contributed by atoms with E-state index in [0.29, 0.717) is 35.4 Å². The van der Waals surface area contributed by atoms with Crippen LogP contribution in [-0.4, -0.2) is 56.6 Å². The summed E-state index contributed by atoms with van der Waals surface area (Å²) in [7, 11) is 0. The third kappa shape index (κ3) is 4.01. The first-order valence-electron chi connectivity index (χ1n) is 9.28. The highest BCUT2D eigenvalue weighted by molar-refractivity contribution is 7.99. The summed E-state index contributed by atoms with van der Waals surface area (Å²) in [5, 5.41) is 9.17. The molecule has 1 aromatic heterocycles. The van der Waals surface area contributed by atoms with Gasteiger partial charge in [-0.15, -0.1) is 10.2 Å². The maximum absolute atomic E-state index is 14.2. The van der Waals surface area contributed by atoms with Crippen LogP contribution in [0.4, 0.5) is 4.39 Å². The van der Waals surface area contributed by atoms with Crippen molar-refractivity contribution in [3.05, 3.63) is 30.1 Å². The minimum absolute atomic E-state index is 0.0467. The summed E-state index contributed by atoms with van der Waals surface area (Å²) >= 11 is 1.38. The molecule has 1 saturated carbocycles. The molecule has 144 valence electrons. The van der Waals surface area contributed by atoms with Crippen molar-refractivity contribution in [1.82, 2.24) is 19.7 Å². The topological polar surface area (TPSA) is 60.2 Å². The van der Waals surface area contributed by atoms with Crippen molar-refractivity contribution >= 4 is 17.7 Å². The molecule has 0 spiro atoms. The van der Waals surface area contributed by atoms with Crippen molar-refractivity contribution in [2.24, 2.45) is 0 Å². The smallest absolute Gasteiger partial charge is 0.233 e. The van der Waals surface area contributed by atoms with Crippen LogP contribution in [0.15, 0.2) is 29.4 Å². The Morgan fingerprint density at radius 1 is 1.22 bits per heavy atom. The maximum atomic E-state index is 14.2. The number of aromatic nitrogens is 3. The predicted molar refractivity (Wildman–Crippen MR) is 101 cm³/mol. The van der Waals surface area contributed by atoms with Gasteiger partial charge in [0.1, 0.15) is 5.82 Å². The van der Waals surface area contributed by atoms with Gasteiger partial charge < -0.3 is 9.64 Å². The van der Waals surface area contributed by atoms with E-state index in [9.17, 15) is 9.18 Å². The van der Waals surface area contributed by atoms with E-state index in [1.165, 1.54) is 17.8 Å². The fourth-order valence-electron chi connectivity index (χ4n) is 3.46. The first kappa shape index (κ1) is 18.4. The van der Waals surface area contributed by atoms with Crippen LogP contribution in [0.5, 0.6) is 0 Å². The maximum Gasteiger partial charge on any atom is 0.233 e. The number of rotatable bonds is 5. The summed E-state index contributed by atoms with van der Waals surface area (Å²) in [6.45, 7) is 5.18. The SMILES string of the molecule is C[C@@H]1CN(C(=O)CSc2nnc(-c3ccccc3F)n2C2CC2)C[C@@H](C)O1. The van der Waals surface area contributed by atoms with Crippen molar-refractivity contribution in [3.63, 3.8) is 0 Å². The second-order valence-corrected chi connectivity index (χ2v) is 8.17. The number of carbonyl (C=O) groups is 1. The van der Waals surface area contributed by atoms with E-state index in [4.69, 9.17) is 4.74 Å². The highest BCUT2D eigenvalue weighted by Gasteiger charge is 2.32. The van der Waals surface area contributed by atoms with Crippen LogP contribution in [0, 0.1) is 5.82 Å². The van der Waals surface area contributed by atoms with E-state index < -0.39 is 0 Å². The number of carbonyl (C=O) groups excluding carboxylic acids is 1. The molecular weight excluding hydrogens is 367 g/mol. The molecule has 6 nitrogen and oxygen atoms in total. The molecule has 2 fully saturated rings. The first-order chi connectivity index (χ1) is 13.0. The van der Waals surface area contributed by atoms with Gasteiger partial charge in [0.05, 0.1) is 23.5 Å². The van der Waals surface area contributed by atoms with E-state index in [0.717, 1.165) is 12.8 Å². The molecule has 0 bridgehead atoms. The van der Waals surface area contributed by atoms with E-state index in [1.807, 2.05) is 23.3 Å². The van der Waals surface area contributed by atoms with Gasteiger partial charge in [-0.3, -0.25) is 9.36 Å². The Hall–Kier alpha value is -1.93. The molecule has 8 heteroatoms. The molecule has 4 rings (SSSR count). The van der Waals surface area contributed by atoms with Gasteiger partial charge in [0.25, 0.3) is 0 Å². The molecule has 0 unspecified atom stereocenters. The number of ether oxygens (including phenoxy) is 1. The summed E-state index contributed by atoms with van der Waals surface area (Å²) in [5.74, 6) is 0.594. The Bertz CT molecular complexity index is 829. The monoisotopic (exact) mass is 390 g/mol. The van der Waals surface area contributed by atoms with Gasteiger partial charge in [0.2, 0.25) is 5.91 Å². The number of halogens is 1. The molecule has 27 heavy (non-hydrogen) atoms. The standard InChI is InChI=1S/C19H23FN4O2S/c1-12-9-23(10-13(2)26-12)17(25)11-27-19-22-21-18(24(19)14-7-8-14)15-5-3-4-6-16(15)20/h3-6,12-14H,7-11H2,1-2H3/t12-,13-/m1/s1. The Morgan fingerprint density at radius 3 is 2.59 bits per heavy atom. The fourth-order valence-corrected chi connectivity index (χ4v) is 4.37. The number of benzene rings is 1. The average molecular weight is 390 g/mol. The van der Waals surface area contributed by atoms with Gasteiger partial charge in [0.15, 0.2) is 11.0 Å². The summed E-state index contributed by atoms with van der Waals surface area (Å²) in [5.41, 5.74) is 0.450. The molecular formula is C19H23FN4O2S. The second kappa shape index (κ2) is 7.59. The molecule has 1 saturated heterocycles. The summed E-state index contributed by atoms with van der Waals surface area (Å²) in [6.07, 6.45) is 2.15. The molecule has 2 heterocycles. The van der Waals surface area contributed by atoms with Gasteiger partial charge >= 0.3 is 0 Å². The van der Waals surface area contributed by atoms with Crippen LogP contribution in [0.25, 0.3) is 11.4 Å². The molecule has 2 aromatic rings. The number of thioether (sulfide) groups is 1. The van der Waals surface area contributed by atoms with Crippen molar-refractivity contribution in [3.8, 4) is 11.4 Å². The third-order valence-electron chi connectivity index (χ3n) is 4.79. The van der Waals surface area contributed by atoms with Crippen LogP contribution in [-0.2, 0) is 9.53 Å². The van der Waals surface area contributed by atoms with Crippen LogP contribution in [0.2, 0.25) is 0 Å². The highest BCUT2D eigenvalue weighted by atomic mass is 32.2. The quantitative estimate of drug-likeness (QED) is 0.734. The minimum atomic E-state index is -0.310. The highest BCUT2D eigenvalue weighted by Crippen LogP contribution is 2.41. The number of amides is 1. The fraction of sp³-hybridized carbons (Fsp3) is 0.526. The lowest BCUT2D eigenvalue weighted by Crippen LogP contribution is -2.48. The summed E-state index contributed by atoms with van der Waals surface area (Å²) in [4.78, 5) is 14.5. The van der Waals surface area contributed by atoms with Crippen LogP contribution < -0.4 is 0 Å². The van der Waals surface area contributed by atoms with E-state index in [1.54, 1.807) is 18.2 Å². The Morgan fingerprint density at radius 2 is 1.93 bits per heavy atom. The molecule has 1 aliphatic heterocycles. The predicted octanol–water partition coefficient (Wildman–Crippen LogP) is 3.15. The van der Waals surface area contributed by atoms with Gasteiger partial charge in [-0.1, -0.05) is 23.9 Å². The van der Waals surface area contributed by atoms with Crippen LogP contribution in [0.3, 0.4) is 0 Å². The minimum Gasteiger partial charge on any atom is -0.372 e. The Balaban J connectivity index is 1.50. The van der Waals surface area contributed by atoms with Gasteiger partial charge in [-0.05, 0) is 38.8 Å². The molecule has 1 amide bonds. The Kier molecular flexibility index (Phi) is 5.19. The zero-order valence-corrected chi connectivity index (χ0v) is 16.3. The normalized spacial score (nSPS) is 22.9. The van der Waals surface area contributed by atoms with Crippen LogP contribution in [0.1, 0.15) is 32.7 Å². The lowest BCUT2D eigenvalue weighted by atomic mass is 10.2. The molecule has 2 aliphatic rings. The van der Waals surface area contributed by atoms with Crippen molar-refractivity contribution in [2.75, 3.05) is 18.8 Å². The largest absolute Gasteiger partial charge is 0.372 e.